The third-order valence-corrected chi connectivity index (χ3v) is 5.08. The largest absolute Gasteiger partial charge is 0.285 e. The fourth-order valence-corrected chi connectivity index (χ4v) is 3.89. The zero-order valence-corrected chi connectivity index (χ0v) is 11.7. The number of hydrogen-bond donors (Lipinski definition) is 0. The Bertz CT molecular complexity index is 513. The van der Waals surface area contributed by atoms with E-state index in [4.69, 9.17) is 6.42 Å². The predicted molar refractivity (Wildman–Crippen MR) is 75.0 cm³/mol. The summed E-state index contributed by atoms with van der Waals surface area (Å²) in [5.41, 5.74) is 0. The summed E-state index contributed by atoms with van der Waals surface area (Å²) in [6.07, 6.45) is 12.1. The van der Waals surface area contributed by atoms with Crippen LogP contribution in [0.2, 0.25) is 0 Å². The van der Waals surface area contributed by atoms with Crippen LogP contribution in [0.4, 0.5) is 5.13 Å². The van der Waals surface area contributed by atoms with Gasteiger partial charge in [-0.15, -0.1) is 22.5 Å². The Morgan fingerprint density at radius 3 is 2.74 bits per heavy atom. The molecule has 3 rings (SSSR count). The lowest BCUT2D eigenvalue weighted by molar-refractivity contribution is -0.117. The van der Waals surface area contributed by atoms with Gasteiger partial charge in [0.1, 0.15) is 5.01 Å². The lowest BCUT2D eigenvalue weighted by Gasteiger charge is -2.18. The van der Waals surface area contributed by atoms with Gasteiger partial charge in [-0.05, 0) is 12.8 Å². The summed E-state index contributed by atoms with van der Waals surface area (Å²) in [6.45, 7) is 0.592. The molecule has 0 bridgehead atoms. The van der Waals surface area contributed by atoms with Crippen molar-refractivity contribution in [3.63, 3.8) is 0 Å². The Hall–Kier alpha value is -1.41. The summed E-state index contributed by atoms with van der Waals surface area (Å²) in [4.78, 5) is 13.6. The highest BCUT2D eigenvalue weighted by atomic mass is 32.1. The zero-order valence-electron chi connectivity index (χ0n) is 10.8. The summed E-state index contributed by atoms with van der Waals surface area (Å²) < 4.78 is 0. The molecule has 2 heterocycles. The molecule has 1 aliphatic carbocycles. The number of anilines is 1. The highest BCUT2D eigenvalue weighted by Crippen LogP contribution is 2.37. The molecule has 2 aliphatic rings. The van der Waals surface area contributed by atoms with Crippen LogP contribution in [0, 0.1) is 18.3 Å². The summed E-state index contributed by atoms with van der Waals surface area (Å²) in [5, 5.41) is 10.3. The second-order valence-corrected chi connectivity index (χ2v) is 6.32. The molecule has 1 saturated heterocycles. The molecule has 0 N–H and O–H groups in total. The van der Waals surface area contributed by atoms with Gasteiger partial charge in [0.15, 0.2) is 0 Å². The minimum Gasteiger partial charge on any atom is -0.285 e. The van der Waals surface area contributed by atoms with Crippen LogP contribution < -0.4 is 4.90 Å². The van der Waals surface area contributed by atoms with Crippen LogP contribution in [0.1, 0.15) is 49.5 Å². The van der Waals surface area contributed by atoms with E-state index in [-0.39, 0.29) is 11.8 Å². The Balaban J connectivity index is 1.74. The number of rotatable bonds is 2. The van der Waals surface area contributed by atoms with E-state index in [1.54, 1.807) is 16.2 Å². The third-order valence-electron chi connectivity index (χ3n) is 3.98. The minimum atomic E-state index is 0.0227. The second kappa shape index (κ2) is 5.30. The van der Waals surface area contributed by atoms with Crippen molar-refractivity contribution in [1.82, 2.24) is 10.2 Å². The number of carbonyl (C=O) groups excluding carboxylic acids is 1. The van der Waals surface area contributed by atoms with Gasteiger partial charge >= 0.3 is 0 Å². The maximum atomic E-state index is 11.9. The summed E-state index contributed by atoms with van der Waals surface area (Å²) in [7, 11) is 0. The Kier molecular flexibility index (Phi) is 3.52. The molecule has 1 aromatic heterocycles. The van der Waals surface area contributed by atoms with Crippen molar-refractivity contribution < 1.29 is 4.79 Å². The van der Waals surface area contributed by atoms with Gasteiger partial charge in [-0.25, -0.2) is 0 Å². The van der Waals surface area contributed by atoms with E-state index in [0.717, 1.165) is 10.1 Å². The lowest BCUT2D eigenvalue weighted by atomic mass is 9.90. The molecule has 0 aromatic carbocycles. The molecule has 2 fully saturated rings. The van der Waals surface area contributed by atoms with E-state index < -0.39 is 0 Å². The van der Waals surface area contributed by atoms with Crippen molar-refractivity contribution in [2.45, 2.75) is 44.4 Å². The van der Waals surface area contributed by atoms with Crippen LogP contribution in [0.3, 0.4) is 0 Å². The third kappa shape index (κ3) is 2.50. The van der Waals surface area contributed by atoms with E-state index in [0.29, 0.717) is 18.9 Å². The van der Waals surface area contributed by atoms with Crippen molar-refractivity contribution in [3.8, 4) is 12.3 Å². The van der Waals surface area contributed by atoms with Gasteiger partial charge in [0.05, 0.1) is 0 Å². The standard InChI is InChI=1S/C14H17N3OS/c1-2-10-8-12(18)17(9-10)14-16-15-13(19-14)11-6-4-3-5-7-11/h1,10-11H,3-9H2. The smallest absolute Gasteiger partial charge is 0.230 e. The minimum absolute atomic E-state index is 0.0227. The number of hydrogen-bond acceptors (Lipinski definition) is 4. The normalized spacial score (nSPS) is 24.7. The molecule has 1 aromatic rings. The zero-order chi connectivity index (χ0) is 13.2. The molecule has 1 aliphatic heterocycles. The van der Waals surface area contributed by atoms with Crippen LogP contribution in [0.5, 0.6) is 0 Å². The lowest BCUT2D eigenvalue weighted by Crippen LogP contribution is -2.24. The number of aromatic nitrogens is 2. The van der Waals surface area contributed by atoms with Gasteiger partial charge in [-0.1, -0.05) is 30.6 Å². The first-order valence-electron chi connectivity index (χ1n) is 6.88. The monoisotopic (exact) mass is 275 g/mol. The molecule has 5 heteroatoms. The quantitative estimate of drug-likeness (QED) is 0.779. The first kappa shape index (κ1) is 12.6. The van der Waals surface area contributed by atoms with Crippen LogP contribution in [-0.2, 0) is 4.79 Å². The maximum Gasteiger partial charge on any atom is 0.230 e. The van der Waals surface area contributed by atoms with Crippen molar-refractivity contribution >= 4 is 22.4 Å². The van der Waals surface area contributed by atoms with Gasteiger partial charge in [0, 0.05) is 24.8 Å². The second-order valence-electron chi connectivity index (χ2n) is 5.33. The number of carbonyl (C=O) groups is 1. The molecular formula is C14H17N3OS. The summed E-state index contributed by atoms with van der Waals surface area (Å²) in [6, 6.07) is 0. The number of amides is 1. The van der Waals surface area contributed by atoms with Crippen molar-refractivity contribution in [2.75, 3.05) is 11.4 Å². The summed E-state index contributed by atoms with van der Waals surface area (Å²) >= 11 is 1.57. The molecular weight excluding hydrogens is 258 g/mol. The average Bonchev–Trinajstić information content (AvgIpc) is 3.06. The van der Waals surface area contributed by atoms with Crippen LogP contribution in [0.15, 0.2) is 0 Å². The van der Waals surface area contributed by atoms with Crippen molar-refractivity contribution in [1.29, 1.82) is 0 Å². The molecule has 100 valence electrons. The van der Waals surface area contributed by atoms with Gasteiger partial charge in [-0.2, -0.15) is 0 Å². The molecule has 1 unspecified atom stereocenters. The highest BCUT2D eigenvalue weighted by Gasteiger charge is 2.32. The van der Waals surface area contributed by atoms with E-state index in [1.807, 2.05) is 0 Å². The fraction of sp³-hybridized carbons (Fsp3) is 0.643. The van der Waals surface area contributed by atoms with Crippen LogP contribution in [0.25, 0.3) is 0 Å². The maximum absolute atomic E-state index is 11.9. The van der Waals surface area contributed by atoms with E-state index in [2.05, 4.69) is 16.1 Å². The van der Waals surface area contributed by atoms with E-state index >= 15 is 0 Å². The Labute approximate surface area is 117 Å². The highest BCUT2D eigenvalue weighted by molar-refractivity contribution is 7.15. The first-order valence-corrected chi connectivity index (χ1v) is 7.69. The predicted octanol–water partition coefficient (Wildman–Crippen LogP) is 2.57. The SMILES string of the molecule is C#CC1CC(=O)N(c2nnc(C3CCCCC3)s2)C1. The number of nitrogens with zero attached hydrogens (tertiary/aromatic N) is 3. The van der Waals surface area contributed by atoms with Crippen LogP contribution in [-0.4, -0.2) is 22.6 Å². The average molecular weight is 275 g/mol. The Morgan fingerprint density at radius 1 is 1.26 bits per heavy atom. The van der Waals surface area contributed by atoms with Gasteiger partial charge in [-0.3, -0.25) is 9.69 Å². The molecule has 1 atom stereocenters. The molecule has 0 radical (unpaired) electrons. The van der Waals surface area contributed by atoms with Gasteiger partial charge in [0.2, 0.25) is 11.0 Å². The number of terminal acetylenes is 1. The van der Waals surface area contributed by atoms with Crippen molar-refractivity contribution in [2.24, 2.45) is 5.92 Å². The van der Waals surface area contributed by atoms with Gasteiger partial charge in [0.25, 0.3) is 0 Å². The molecule has 1 amide bonds. The van der Waals surface area contributed by atoms with Crippen LogP contribution >= 0.6 is 11.3 Å². The van der Waals surface area contributed by atoms with E-state index in [1.165, 1.54) is 32.1 Å². The summed E-state index contributed by atoms with van der Waals surface area (Å²) in [5.74, 6) is 3.30. The topological polar surface area (TPSA) is 46.1 Å². The van der Waals surface area contributed by atoms with Crippen molar-refractivity contribution in [3.05, 3.63) is 5.01 Å². The molecule has 0 spiro atoms. The van der Waals surface area contributed by atoms with Gasteiger partial charge < -0.3 is 0 Å². The Morgan fingerprint density at radius 2 is 2.05 bits per heavy atom. The fourth-order valence-electron chi connectivity index (χ4n) is 2.85. The molecule has 1 saturated carbocycles. The van der Waals surface area contributed by atoms with E-state index in [9.17, 15) is 4.79 Å². The molecule has 19 heavy (non-hydrogen) atoms. The first-order chi connectivity index (χ1) is 9.28. The molecule has 4 nitrogen and oxygen atoms in total.